The molecule has 142 valence electrons. The third-order valence-electron chi connectivity index (χ3n) is 3.87. The summed E-state index contributed by atoms with van der Waals surface area (Å²) in [6, 6.07) is 6.92. The van der Waals surface area contributed by atoms with Gasteiger partial charge in [-0.25, -0.2) is 4.68 Å². The molecule has 1 amide bonds. The Morgan fingerprint density at radius 3 is 2.52 bits per heavy atom. The van der Waals surface area contributed by atoms with Gasteiger partial charge in [0.25, 0.3) is 5.56 Å². The molecule has 0 bridgehead atoms. The van der Waals surface area contributed by atoms with E-state index >= 15 is 0 Å². The second-order valence-corrected chi connectivity index (χ2v) is 5.74. The van der Waals surface area contributed by atoms with Crippen LogP contribution in [0.25, 0.3) is 0 Å². The molecule has 0 fully saturated rings. The third-order valence-corrected chi connectivity index (χ3v) is 3.87. The molecule has 2 aromatic rings. The summed E-state index contributed by atoms with van der Waals surface area (Å²) < 4.78 is 12.0. The summed E-state index contributed by atoms with van der Waals surface area (Å²) in [5.74, 6) is 0.664. The zero-order chi connectivity index (χ0) is 20.0. The van der Waals surface area contributed by atoms with E-state index in [9.17, 15) is 9.59 Å². The average Bonchev–Trinajstić information content (AvgIpc) is 2.63. The van der Waals surface area contributed by atoms with Crippen LogP contribution >= 0.6 is 0 Å². The van der Waals surface area contributed by atoms with Gasteiger partial charge in [-0.05, 0) is 45.4 Å². The largest absolute Gasteiger partial charge is 0.490 e. The van der Waals surface area contributed by atoms with Crippen LogP contribution in [-0.2, 0) is 11.3 Å². The van der Waals surface area contributed by atoms with E-state index in [-0.39, 0.29) is 12.1 Å². The number of aryl methyl sites for hydroxylation is 1. The molecule has 0 aliphatic carbocycles. The molecular weight excluding hydrogens is 348 g/mol. The highest BCUT2D eigenvalue weighted by Crippen LogP contribution is 2.30. The van der Waals surface area contributed by atoms with E-state index in [0.29, 0.717) is 41.7 Å². The summed E-state index contributed by atoms with van der Waals surface area (Å²) in [7, 11) is 0. The zero-order valence-corrected chi connectivity index (χ0v) is 15.8. The van der Waals surface area contributed by atoms with Gasteiger partial charge in [0, 0.05) is 11.8 Å². The molecule has 0 saturated heterocycles. The number of hydrogen-bond acceptors (Lipinski definition) is 6. The summed E-state index contributed by atoms with van der Waals surface area (Å²) in [5.41, 5.74) is 0.961. The zero-order valence-electron chi connectivity index (χ0n) is 15.8. The number of benzene rings is 1. The Balaban J connectivity index is 2.22. The first-order valence-corrected chi connectivity index (χ1v) is 8.59. The molecule has 0 aliphatic heterocycles. The minimum absolute atomic E-state index is 0.00463. The van der Waals surface area contributed by atoms with Crippen LogP contribution in [0.4, 0.5) is 5.69 Å². The van der Waals surface area contributed by atoms with Crippen LogP contribution in [0.15, 0.2) is 23.0 Å². The Hall–Kier alpha value is -3.34. The van der Waals surface area contributed by atoms with Gasteiger partial charge in [0.2, 0.25) is 5.91 Å². The Morgan fingerprint density at radius 1 is 1.22 bits per heavy atom. The number of nitrogens with one attached hydrogen (secondary N) is 1. The van der Waals surface area contributed by atoms with Gasteiger partial charge in [-0.3, -0.25) is 9.59 Å². The van der Waals surface area contributed by atoms with Gasteiger partial charge in [-0.15, -0.1) is 0 Å². The maximum absolute atomic E-state index is 12.3. The topological polar surface area (TPSA) is 106 Å². The standard InChI is InChI=1S/C19H22N4O4/c1-5-26-16-8-7-14(9-17(16)27-6-2)21-18(24)11-23-19(25)15(10-20)12(3)13(4)22-23/h7-9H,5-6,11H2,1-4H3,(H,21,24). The fraction of sp³-hybridized carbons (Fsp3) is 0.368. The van der Waals surface area contributed by atoms with Crippen LogP contribution < -0.4 is 20.3 Å². The van der Waals surface area contributed by atoms with Crippen molar-refractivity contribution in [3.63, 3.8) is 0 Å². The number of anilines is 1. The average molecular weight is 370 g/mol. The van der Waals surface area contributed by atoms with Gasteiger partial charge in [-0.1, -0.05) is 0 Å². The molecule has 0 radical (unpaired) electrons. The predicted octanol–water partition coefficient (Wildman–Crippen LogP) is 2.17. The minimum atomic E-state index is -0.586. The van der Waals surface area contributed by atoms with E-state index in [1.54, 1.807) is 32.0 Å². The fourth-order valence-electron chi connectivity index (χ4n) is 2.48. The molecule has 8 nitrogen and oxygen atoms in total. The first-order valence-electron chi connectivity index (χ1n) is 8.59. The predicted molar refractivity (Wildman–Crippen MR) is 100 cm³/mol. The van der Waals surface area contributed by atoms with Crippen molar-refractivity contribution in [2.24, 2.45) is 0 Å². The lowest BCUT2D eigenvalue weighted by Crippen LogP contribution is -2.32. The Morgan fingerprint density at radius 2 is 1.89 bits per heavy atom. The maximum Gasteiger partial charge on any atom is 0.285 e. The molecule has 0 aliphatic rings. The highest BCUT2D eigenvalue weighted by atomic mass is 16.5. The Labute approximate surface area is 157 Å². The van der Waals surface area contributed by atoms with Crippen LogP contribution in [0.1, 0.15) is 30.7 Å². The highest BCUT2D eigenvalue weighted by Gasteiger charge is 2.14. The van der Waals surface area contributed by atoms with Gasteiger partial charge < -0.3 is 14.8 Å². The van der Waals surface area contributed by atoms with Gasteiger partial charge in [-0.2, -0.15) is 10.4 Å². The number of nitrogens with zero attached hydrogens (tertiary/aromatic N) is 3. The maximum atomic E-state index is 12.3. The highest BCUT2D eigenvalue weighted by molar-refractivity contribution is 5.90. The van der Waals surface area contributed by atoms with Gasteiger partial charge in [0.1, 0.15) is 18.2 Å². The van der Waals surface area contributed by atoms with Crippen LogP contribution in [0.2, 0.25) is 0 Å². The molecule has 27 heavy (non-hydrogen) atoms. The number of hydrogen-bond donors (Lipinski definition) is 1. The van der Waals surface area contributed by atoms with E-state index in [1.807, 2.05) is 19.9 Å². The third kappa shape index (κ3) is 4.64. The number of aromatic nitrogens is 2. The molecular formula is C19H22N4O4. The summed E-state index contributed by atoms with van der Waals surface area (Å²) >= 11 is 0. The van der Waals surface area contributed by atoms with E-state index in [4.69, 9.17) is 14.7 Å². The first kappa shape index (κ1) is 20.0. The Kier molecular flexibility index (Phi) is 6.55. The van der Waals surface area contributed by atoms with Gasteiger partial charge in [0.15, 0.2) is 11.5 Å². The summed E-state index contributed by atoms with van der Waals surface area (Å²) in [6.07, 6.45) is 0. The summed E-state index contributed by atoms with van der Waals surface area (Å²) in [5, 5.41) is 15.9. The van der Waals surface area contributed by atoms with Crippen LogP contribution in [0, 0.1) is 25.2 Å². The second-order valence-electron chi connectivity index (χ2n) is 5.74. The van der Waals surface area contributed by atoms with E-state index in [0.717, 1.165) is 4.68 Å². The summed E-state index contributed by atoms with van der Waals surface area (Å²) in [6.45, 7) is 7.71. The number of carbonyl (C=O) groups is 1. The minimum Gasteiger partial charge on any atom is -0.490 e. The van der Waals surface area contributed by atoms with E-state index in [1.165, 1.54) is 0 Å². The van der Waals surface area contributed by atoms with Crippen molar-refractivity contribution in [1.82, 2.24) is 9.78 Å². The van der Waals surface area contributed by atoms with Crippen molar-refractivity contribution in [2.45, 2.75) is 34.2 Å². The number of carbonyl (C=O) groups excluding carboxylic acids is 1. The lowest BCUT2D eigenvalue weighted by atomic mass is 10.1. The molecule has 2 rings (SSSR count). The molecule has 1 aromatic carbocycles. The quantitative estimate of drug-likeness (QED) is 0.800. The lowest BCUT2D eigenvalue weighted by molar-refractivity contribution is -0.117. The van der Waals surface area contributed by atoms with Gasteiger partial charge >= 0.3 is 0 Å². The lowest BCUT2D eigenvalue weighted by Gasteiger charge is -2.13. The van der Waals surface area contributed by atoms with Crippen LogP contribution in [-0.4, -0.2) is 28.9 Å². The normalized spacial score (nSPS) is 10.2. The number of nitriles is 1. The monoisotopic (exact) mass is 370 g/mol. The van der Waals surface area contributed by atoms with Crippen molar-refractivity contribution in [1.29, 1.82) is 5.26 Å². The van der Waals surface area contributed by atoms with E-state index < -0.39 is 11.5 Å². The Bertz CT molecular complexity index is 944. The van der Waals surface area contributed by atoms with Crippen molar-refractivity contribution in [3.05, 3.63) is 45.4 Å². The van der Waals surface area contributed by atoms with Crippen molar-refractivity contribution in [3.8, 4) is 17.6 Å². The SMILES string of the molecule is CCOc1ccc(NC(=O)Cn2nc(C)c(C)c(C#N)c2=O)cc1OCC. The molecule has 0 saturated carbocycles. The number of amides is 1. The smallest absolute Gasteiger partial charge is 0.285 e. The molecule has 1 aromatic heterocycles. The number of ether oxygens (including phenoxy) is 2. The van der Waals surface area contributed by atoms with Crippen molar-refractivity contribution >= 4 is 11.6 Å². The second kappa shape index (κ2) is 8.85. The molecule has 8 heteroatoms. The molecule has 0 spiro atoms. The first-order chi connectivity index (χ1) is 12.9. The fourth-order valence-corrected chi connectivity index (χ4v) is 2.48. The van der Waals surface area contributed by atoms with Crippen molar-refractivity contribution in [2.75, 3.05) is 18.5 Å². The number of rotatable bonds is 7. The summed E-state index contributed by atoms with van der Waals surface area (Å²) in [4.78, 5) is 24.6. The molecule has 1 heterocycles. The van der Waals surface area contributed by atoms with Crippen molar-refractivity contribution < 1.29 is 14.3 Å². The molecule has 0 atom stereocenters. The van der Waals surface area contributed by atoms with Crippen LogP contribution in [0.5, 0.6) is 11.5 Å². The van der Waals surface area contributed by atoms with Crippen LogP contribution in [0.3, 0.4) is 0 Å². The van der Waals surface area contributed by atoms with E-state index in [2.05, 4.69) is 10.4 Å². The molecule has 0 unspecified atom stereocenters. The molecule has 1 N–H and O–H groups in total. The van der Waals surface area contributed by atoms with Gasteiger partial charge in [0.05, 0.1) is 18.9 Å².